The van der Waals surface area contributed by atoms with Crippen LogP contribution in [0.15, 0.2) is 30.3 Å². The topological polar surface area (TPSA) is 127 Å². The van der Waals surface area contributed by atoms with Crippen LogP contribution in [0.4, 0.5) is 0 Å². The number of ether oxygens (including phenoxy) is 5. The molecule has 0 fully saturated rings. The average Bonchev–Trinajstić information content (AvgIpc) is 2.91. The Kier molecular flexibility index (Phi) is 16.9. The molecule has 9 heteroatoms. The summed E-state index contributed by atoms with van der Waals surface area (Å²) in [4.78, 5) is 0. The van der Waals surface area contributed by atoms with Crippen molar-refractivity contribution in [2.75, 3.05) is 61.0 Å². The van der Waals surface area contributed by atoms with Crippen LogP contribution in [0.25, 0.3) is 0 Å². The molecule has 2 rings (SSSR count). The SMILES string of the molecule is COc1cc(CCCO)cc(OC)c1OCCCO.COc1cc(CCCO)ccc1OCCCO. The molecule has 0 atom stereocenters. The minimum Gasteiger partial charge on any atom is -0.493 e. The molecule has 0 aliphatic rings. The van der Waals surface area contributed by atoms with E-state index in [-0.39, 0.29) is 26.4 Å². The molecule has 0 bridgehead atoms. The zero-order chi connectivity index (χ0) is 26.6. The van der Waals surface area contributed by atoms with Crippen molar-refractivity contribution in [1.82, 2.24) is 0 Å². The molecule has 0 aromatic heterocycles. The van der Waals surface area contributed by atoms with Gasteiger partial charge in [0.1, 0.15) is 0 Å². The van der Waals surface area contributed by atoms with E-state index in [0.29, 0.717) is 61.2 Å². The fourth-order valence-corrected chi connectivity index (χ4v) is 3.26. The van der Waals surface area contributed by atoms with Crippen LogP contribution in [0.3, 0.4) is 0 Å². The molecule has 0 heterocycles. The summed E-state index contributed by atoms with van der Waals surface area (Å²) in [6, 6.07) is 9.51. The van der Waals surface area contributed by atoms with Crippen molar-refractivity contribution < 1.29 is 44.1 Å². The molecule has 36 heavy (non-hydrogen) atoms. The third-order valence-corrected chi connectivity index (χ3v) is 5.10. The Morgan fingerprint density at radius 2 is 1.00 bits per heavy atom. The van der Waals surface area contributed by atoms with Gasteiger partial charge in [0.2, 0.25) is 5.75 Å². The van der Waals surface area contributed by atoms with E-state index in [1.54, 1.807) is 21.3 Å². The minimum absolute atomic E-state index is 0.0826. The van der Waals surface area contributed by atoms with E-state index >= 15 is 0 Å². The highest BCUT2D eigenvalue weighted by Gasteiger charge is 2.14. The predicted octanol–water partition coefficient (Wildman–Crippen LogP) is 2.77. The fourth-order valence-electron chi connectivity index (χ4n) is 3.26. The van der Waals surface area contributed by atoms with Gasteiger partial charge in [-0.1, -0.05) is 6.07 Å². The van der Waals surface area contributed by atoms with Crippen molar-refractivity contribution in [3.05, 3.63) is 41.5 Å². The monoisotopic (exact) mass is 510 g/mol. The van der Waals surface area contributed by atoms with Gasteiger partial charge in [0.15, 0.2) is 23.0 Å². The van der Waals surface area contributed by atoms with Crippen LogP contribution in [0.1, 0.15) is 36.8 Å². The Hall–Kier alpha value is -2.72. The molecular formula is C27H42O9. The number of aliphatic hydroxyl groups is 4. The Labute approximate surface area is 214 Å². The van der Waals surface area contributed by atoms with Crippen molar-refractivity contribution in [1.29, 1.82) is 0 Å². The van der Waals surface area contributed by atoms with Crippen LogP contribution in [0.2, 0.25) is 0 Å². The van der Waals surface area contributed by atoms with E-state index in [9.17, 15) is 0 Å². The first-order chi connectivity index (χ1) is 17.6. The second kappa shape index (κ2) is 19.5. The van der Waals surface area contributed by atoms with E-state index in [1.165, 1.54) is 0 Å². The summed E-state index contributed by atoms with van der Waals surface area (Å²) in [7, 11) is 4.75. The number of methoxy groups -OCH3 is 3. The highest BCUT2D eigenvalue weighted by atomic mass is 16.5. The average molecular weight is 511 g/mol. The normalized spacial score (nSPS) is 10.3. The molecule has 9 nitrogen and oxygen atoms in total. The van der Waals surface area contributed by atoms with Crippen LogP contribution in [-0.4, -0.2) is 81.4 Å². The molecule has 0 unspecified atom stereocenters. The largest absolute Gasteiger partial charge is 0.493 e. The van der Waals surface area contributed by atoms with E-state index in [1.807, 2.05) is 30.3 Å². The summed E-state index contributed by atoms with van der Waals surface area (Å²) in [5, 5.41) is 35.1. The van der Waals surface area contributed by atoms with Gasteiger partial charge >= 0.3 is 0 Å². The summed E-state index contributed by atoms with van der Waals surface area (Å²) in [6.45, 7) is 1.43. The van der Waals surface area contributed by atoms with Crippen LogP contribution < -0.4 is 23.7 Å². The van der Waals surface area contributed by atoms with Gasteiger partial charge < -0.3 is 44.1 Å². The smallest absolute Gasteiger partial charge is 0.203 e. The summed E-state index contributed by atoms with van der Waals surface area (Å²) in [6.07, 6.45) is 4.17. The zero-order valence-electron chi connectivity index (χ0n) is 21.7. The summed E-state index contributed by atoms with van der Waals surface area (Å²) < 4.78 is 26.9. The minimum atomic E-state index is 0.0826. The third kappa shape index (κ3) is 11.3. The molecule has 2 aromatic rings. The quantitative estimate of drug-likeness (QED) is 0.238. The lowest BCUT2D eigenvalue weighted by Crippen LogP contribution is -2.04. The number of aryl methyl sites for hydroxylation is 2. The first-order valence-electron chi connectivity index (χ1n) is 12.2. The molecule has 2 aromatic carbocycles. The first-order valence-corrected chi connectivity index (χ1v) is 12.2. The standard InChI is InChI=1S/C14H22O5.C13H20O4/c1-17-12-9-11(5-3-6-15)10-13(18-2)14(12)19-8-4-7-16;1-16-13-10-11(4-2-7-14)5-6-12(13)17-9-3-8-15/h9-10,15-16H,3-8H2,1-2H3;5-6,10,14-15H,2-4,7-9H2,1H3. The molecule has 0 saturated carbocycles. The fraction of sp³-hybridized carbons (Fsp3) is 0.556. The van der Waals surface area contributed by atoms with Gasteiger partial charge in [-0.2, -0.15) is 0 Å². The summed E-state index contributed by atoms with van der Waals surface area (Å²) in [5.41, 5.74) is 2.14. The van der Waals surface area contributed by atoms with Gasteiger partial charge in [0.05, 0.1) is 34.5 Å². The van der Waals surface area contributed by atoms with E-state index in [2.05, 4.69) is 0 Å². The van der Waals surface area contributed by atoms with Crippen molar-refractivity contribution in [3.8, 4) is 28.7 Å². The lowest BCUT2D eigenvalue weighted by Gasteiger charge is -2.16. The third-order valence-electron chi connectivity index (χ3n) is 5.10. The Morgan fingerprint density at radius 3 is 1.50 bits per heavy atom. The van der Waals surface area contributed by atoms with E-state index in [4.69, 9.17) is 44.1 Å². The lowest BCUT2D eigenvalue weighted by molar-refractivity contribution is 0.221. The van der Waals surface area contributed by atoms with Gasteiger partial charge in [-0.15, -0.1) is 0 Å². The molecule has 0 amide bonds. The van der Waals surface area contributed by atoms with Crippen LogP contribution in [-0.2, 0) is 12.8 Å². The van der Waals surface area contributed by atoms with Gasteiger partial charge in [0, 0.05) is 39.3 Å². The second-order valence-electron chi connectivity index (χ2n) is 7.82. The Balaban J connectivity index is 0.000000362. The highest BCUT2D eigenvalue weighted by molar-refractivity contribution is 5.54. The van der Waals surface area contributed by atoms with E-state index in [0.717, 1.165) is 30.4 Å². The van der Waals surface area contributed by atoms with Gasteiger partial charge in [0.25, 0.3) is 0 Å². The molecule has 204 valence electrons. The van der Waals surface area contributed by atoms with Crippen LogP contribution in [0.5, 0.6) is 28.7 Å². The number of aliphatic hydroxyl groups excluding tert-OH is 4. The maximum absolute atomic E-state index is 8.87. The Bertz CT molecular complexity index is 817. The Morgan fingerprint density at radius 1 is 0.528 bits per heavy atom. The first kappa shape index (κ1) is 31.3. The van der Waals surface area contributed by atoms with Crippen molar-refractivity contribution in [2.45, 2.75) is 38.5 Å². The number of rotatable bonds is 17. The molecule has 0 spiro atoms. The van der Waals surface area contributed by atoms with Gasteiger partial charge in [-0.05, 0) is 61.1 Å². The number of benzene rings is 2. The molecule has 0 aliphatic carbocycles. The molecule has 0 saturated heterocycles. The van der Waals surface area contributed by atoms with Crippen LogP contribution >= 0.6 is 0 Å². The lowest BCUT2D eigenvalue weighted by atomic mass is 10.1. The van der Waals surface area contributed by atoms with Crippen molar-refractivity contribution in [3.63, 3.8) is 0 Å². The second-order valence-corrected chi connectivity index (χ2v) is 7.82. The van der Waals surface area contributed by atoms with Crippen LogP contribution in [0, 0.1) is 0 Å². The summed E-state index contributed by atoms with van der Waals surface area (Å²) in [5.74, 6) is 3.13. The maximum Gasteiger partial charge on any atom is 0.203 e. The molecule has 0 radical (unpaired) electrons. The molecule has 4 N–H and O–H groups in total. The predicted molar refractivity (Wildman–Crippen MR) is 138 cm³/mol. The van der Waals surface area contributed by atoms with Gasteiger partial charge in [-0.3, -0.25) is 0 Å². The molecular weight excluding hydrogens is 468 g/mol. The van der Waals surface area contributed by atoms with Crippen molar-refractivity contribution in [2.24, 2.45) is 0 Å². The van der Waals surface area contributed by atoms with E-state index < -0.39 is 0 Å². The highest BCUT2D eigenvalue weighted by Crippen LogP contribution is 2.39. The maximum atomic E-state index is 8.87. The zero-order valence-corrected chi connectivity index (χ0v) is 21.7. The van der Waals surface area contributed by atoms with Gasteiger partial charge in [-0.25, -0.2) is 0 Å². The summed E-state index contributed by atoms with van der Waals surface area (Å²) >= 11 is 0. The van der Waals surface area contributed by atoms with Crippen molar-refractivity contribution >= 4 is 0 Å². The molecule has 0 aliphatic heterocycles. The number of hydrogen-bond acceptors (Lipinski definition) is 9. The number of hydrogen-bond donors (Lipinski definition) is 4.